The Balaban J connectivity index is 0.974. The van der Waals surface area contributed by atoms with E-state index in [-0.39, 0.29) is 100 Å². The van der Waals surface area contributed by atoms with E-state index < -0.39 is 23.4 Å². The van der Waals surface area contributed by atoms with Gasteiger partial charge in [-0.2, -0.15) is 0 Å². The van der Waals surface area contributed by atoms with Crippen molar-refractivity contribution in [1.29, 1.82) is 0 Å². The number of carbonyl (C=O) groups excluding carboxylic acids is 2. The summed E-state index contributed by atoms with van der Waals surface area (Å²) in [6.45, 7) is 7.75. The first-order valence-electron chi connectivity index (χ1n) is 15.4. The monoisotopic (exact) mass is 644 g/mol. The summed E-state index contributed by atoms with van der Waals surface area (Å²) < 4.78 is 36.7. The molecule has 4 bridgehead atoms. The summed E-state index contributed by atoms with van der Waals surface area (Å²) in [5, 5.41) is 43.7. The minimum Gasteiger partial charge on any atom is -0.494 e. The lowest BCUT2D eigenvalue weighted by Gasteiger charge is -2.24. The minimum atomic E-state index is -1.15. The molecule has 0 fully saturated rings. The molecule has 4 aliphatic rings. The summed E-state index contributed by atoms with van der Waals surface area (Å²) in [4.78, 5) is 24.1. The highest BCUT2D eigenvalue weighted by atomic mass is 16.6. The number of hydrogen-bond acceptors (Lipinski definition) is 12. The van der Waals surface area contributed by atoms with E-state index in [4.69, 9.17) is 28.4 Å². The molecule has 4 N–H and O–H groups in total. The third-order valence-corrected chi connectivity index (χ3v) is 8.75. The van der Waals surface area contributed by atoms with Gasteiger partial charge in [0.25, 0.3) is 0 Å². The number of ether oxygens (including phenoxy) is 6. The van der Waals surface area contributed by atoms with E-state index in [9.17, 15) is 30.0 Å². The molecule has 250 valence electrons. The molecular formula is C32H40N2O12. The van der Waals surface area contributed by atoms with Gasteiger partial charge in [0.1, 0.15) is 25.4 Å². The first-order valence-corrected chi connectivity index (χ1v) is 15.4. The Morgan fingerprint density at radius 1 is 0.696 bits per heavy atom. The molecule has 0 amide bonds. The number of aromatic nitrogens is 2. The van der Waals surface area contributed by atoms with Crippen LogP contribution in [0.5, 0.6) is 23.5 Å². The number of carbonyl (C=O) groups is 2. The molecular weight excluding hydrogens is 604 g/mol. The smallest absolute Gasteiger partial charge is 0.308 e. The summed E-state index contributed by atoms with van der Waals surface area (Å²) in [6.07, 6.45) is 5.90. The van der Waals surface area contributed by atoms with Crippen molar-refractivity contribution < 1.29 is 58.4 Å². The standard InChI is InChI=1S/C32H40N2O12/c1-17(2)29(39)43-15-31-7-5-19(45-31)21-23(31)27(37)33(25(21)35)9-11-41-13-14-42-12-10-34-26(36)22-20-6-8-32(46-20,24(22)28(34)38)16-44-30(40)18(3)4/h5-8,17-20,35-38H,9-16H2,1-4H3. The lowest BCUT2D eigenvalue weighted by atomic mass is 9.90. The number of hydrogen-bond donors (Lipinski definition) is 4. The Morgan fingerprint density at radius 2 is 1.09 bits per heavy atom. The molecule has 2 aromatic heterocycles. The predicted molar refractivity (Wildman–Crippen MR) is 158 cm³/mol. The summed E-state index contributed by atoms with van der Waals surface area (Å²) in [5.74, 6) is -2.02. The van der Waals surface area contributed by atoms with Crippen LogP contribution in [0.1, 0.15) is 62.2 Å². The van der Waals surface area contributed by atoms with E-state index in [0.29, 0.717) is 22.3 Å². The molecule has 2 aromatic rings. The molecule has 0 aromatic carbocycles. The van der Waals surface area contributed by atoms with Crippen molar-refractivity contribution in [3.05, 3.63) is 46.6 Å². The van der Waals surface area contributed by atoms with Gasteiger partial charge in [0, 0.05) is 0 Å². The Bertz CT molecular complexity index is 1470. The fraction of sp³-hybridized carbons (Fsp3) is 0.562. The van der Waals surface area contributed by atoms with Gasteiger partial charge in [0.2, 0.25) is 23.5 Å². The minimum absolute atomic E-state index is 0.115. The molecule has 4 unspecified atom stereocenters. The van der Waals surface area contributed by atoms with Crippen LogP contribution in [0.25, 0.3) is 0 Å². The van der Waals surface area contributed by atoms with Gasteiger partial charge in [-0.3, -0.25) is 18.7 Å². The van der Waals surface area contributed by atoms with Gasteiger partial charge in [0.15, 0.2) is 11.2 Å². The van der Waals surface area contributed by atoms with Crippen LogP contribution in [0, 0.1) is 11.8 Å². The van der Waals surface area contributed by atoms with Crippen LogP contribution in [0.4, 0.5) is 0 Å². The van der Waals surface area contributed by atoms with Gasteiger partial charge in [-0.15, -0.1) is 0 Å². The van der Waals surface area contributed by atoms with E-state index >= 15 is 0 Å². The molecule has 0 aliphatic carbocycles. The van der Waals surface area contributed by atoms with Crippen molar-refractivity contribution in [3.8, 4) is 23.5 Å². The van der Waals surface area contributed by atoms with Gasteiger partial charge in [-0.25, -0.2) is 0 Å². The zero-order chi connectivity index (χ0) is 33.0. The van der Waals surface area contributed by atoms with Crippen LogP contribution in [0.3, 0.4) is 0 Å². The molecule has 6 heterocycles. The zero-order valence-electron chi connectivity index (χ0n) is 26.2. The normalized spacial score (nSPS) is 24.8. The molecule has 14 heteroatoms. The molecule has 46 heavy (non-hydrogen) atoms. The molecule has 4 atom stereocenters. The van der Waals surface area contributed by atoms with E-state index in [1.807, 2.05) is 0 Å². The molecule has 0 saturated heterocycles. The number of aromatic hydroxyl groups is 4. The third-order valence-electron chi connectivity index (χ3n) is 8.75. The van der Waals surface area contributed by atoms with Crippen LogP contribution < -0.4 is 0 Å². The Hall–Kier alpha value is -3.98. The highest BCUT2D eigenvalue weighted by molar-refractivity contribution is 5.72. The van der Waals surface area contributed by atoms with Gasteiger partial charge in [-0.1, -0.05) is 39.8 Å². The van der Waals surface area contributed by atoms with E-state index in [2.05, 4.69) is 0 Å². The van der Waals surface area contributed by atoms with Crippen molar-refractivity contribution in [1.82, 2.24) is 9.13 Å². The molecule has 14 nitrogen and oxygen atoms in total. The summed E-state index contributed by atoms with van der Waals surface area (Å²) in [6, 6.07) is 0. The van der Waals surface area contributed by atoms with Crippen LogP contribution in [-0.2, 0) is 62.3 Å². The first-order chi connectivity index (χ1) is 21.9. The van der Waals surface area contributed by atoms with Crippen LogP contribution in [-0.4, -0.2) is 81.1 Å². The maximum absolute atomic E-state index is 12.0. The van der Waals surface area contributed by atoms with Crippen molar-refractivity contribution in [2.75, 3.05) is 39.6 Å². The van der Waals surface area contributed by atoms with Gasteiger partial charge >= 0.3 is 11.9 Å². The number of fused-ring (bicyclic) bond motifs is 10. The fourth-order valence-corrected chi connectivity index (χ4v) is 6.35. The topological polar surface area (TPSA) is 180 Å². The fourth-order valence-electron chi connectivity index (χ4n) is 6.35. The lowest BCUT2D eigenvalue weighted by molar-refractivity contribution is -0.156. The van der Waals surface area contributed by atoms with Crippen LogP contribution in [0.2, 0.25) is 0 Å². The molecule has 4 aliphatic heterocycles. The van der Waals surface area contributed by atoms with Crippen molar-refractivity contribution >= 4 is 11.9 Å². The largest absolute Gasteiger partial charge is 0.494 e. The second-order valence-corrected chi connectivity index (χ2v) is 12.5. The average molecular weight is 645 g/mol. The molecule has 6 rings (SSSR count). The lowest BCUT2D eigenvalue weighted by Crippen LogP contribution is -2.30. The molecule has 0 radical (unpaired) electrons. The Labute approximate surface area is 265 Å². The predicted octanol–water partition coefficient (Wildman–Crippen LogP) is 2.92. The van der Waals surface area contributed by atoms with Gasteiger partial charge in [0.05, 0.1) is 73.6 Å². The van der Waals surface area contributed by atoms with Gasteiger partial charge < -0.3 is 48.8 Å². The van der Waals surface area contributed by atoms with Crippen molar-refractivity contribution in [2.45, 2.75) is 64.2 Å². The SMILES string of the molecule is CC(C)C(=O)OCC12C=CC(O1)c1c2c(O)n(CCOCCOCCn2c(O)c3c(c2O)C2(COC(=O)C(C)C)C=CC3O2)c1O. The van der Waals surface area contributed by atoms with Crippen LogP contribution >= 0.6 is 0 Å². The van der Waals surface area contributed by atoms with E-state index in [1.54, 1.807) is 52.0 Å². The molecule has 0 spiro atoms. The van der Waals surface area contributed by atoms with E-state index in [1.165, 1.54) is 9.13 Å². The zero-order valence-corrected chi connectivity index (χ0v) is 26.2. The summed E-state index contributed by atoms with van der Waals surface area (Å²) >= 11 is 0. The third kappa shape index (κ3) is 5.13. The highest BCUT2D eigenvalue weighted by Gasteiger charge is 2.55. The van der Waals surface area contributed by atoms with Gasteiger partial charge in [-0.05, 0) is 12.2 Å². The quantitative estimate of drug-likeness (QED) is 0.127. The van der Waals surface area contributed by atoms with E-state index in [0.717, 1.165) is 0 Å². The summed E-state index contributed by atoms with van der Waals surface area (Å²) in [5.41, 5.74) is -0.637. The first kappa shape index (κ1) is 32.0. The summed E-state index contributed by atoms with van der Waals surface area (Å²) in [7, 11) is 0. The Morgan fingerprint density at radius 3 is 1.46 bits per heavy atom. The number of rotatable bonds is 15. The van der Waals surface area contributed by atoms with Crippen molar-refractivity contribution in [2.24, 2.45) is 11.8 Å². The second-order valence-electron chi connectivity index (χ2n) is 12.5. The molecule has 0 saturated carbocycles. The maximum atomic E-state index is 12.0. The number of esters is 2. The maximum Gasteiger partial charge on any atom is 0.308 e. The highest BCUT2D eigenvalue weighted by Crippen LogP contribution is 2.59. The Kier molecular flexibility index (Phi) is 8.34. The average Bonchev–Trinajstić information content (AvgIpc) is 3.85. The van der Waals surface area contributed by atoms with Crippen molar-refractivity contribution in [3.63, 3.8) is 0 Å². The number of nitrogens with zero attached hydrogens (tertiary/aromatic N) is 2. The van der Waals surface area contributed by atoms with Crippen LogP contribution in [0.15, 0.2) is 24.3 Å². The second kappa shape index (κ2) is 12.0.